The van der Waals surface area contributed by atoms with Gasteiger partial charge < -0.3 is 9.30 Å². The van der Waals surface area contributed by atoms with Crippen LogP contribution in [0.4, 0.5) is 0 Å². The first-order chi connectivity index (χ1) is 10.0. The molecule has 8 heteroatoms. The molecule has 1 aromatic carbocycles. The minimum atomic E-state index is -0.379. The van der Waals surface area contributed by atoms with Gasteiger partial charge in [-0.15, -0.1) is 5.10 Å². The predicted molar refractivity (Wildman–Crippen MR) is 83.0 cm³/mol. The fourth-order valence-corrected chi connectivity index (χ4v) is 2.63. The standard InChI is InChI=1S/C13H17N5O2S/c1-8(2)16-17-13-18(3)10-5-4-9(6-11(10)21-13)20-7-12(19)15-14/h4-6H,7,14H2,1-3H3,(H,15,19)/b17-13+. The number of nitrogens with zero attached hydrogens (tertiary/aromatic N) is 3. The minimum absolute atomic E-state index is 0.115. The molecule has 112 valence electrons. The van der Waals surface area contributed by atoms with Crippen LogP contribution in [0.3, 0.4) is 0 Å². The Hall–Kier alpha value is -2.19. The lowest BCUT2D eigenvalue weighted by molar-refractivity contribution is -0.123. The van der Waals surface area contributed by atoms with Crippen molar-refractivity contribution in [3.8, 4) is 5.75 Å². The molecule has 0 atom stereocenters. The van der Waals surface area contributed by atoms with Crippen molar-refractivity contribution < 1.29 is 9.53 Å². The lowest BCUT2D eigenvalue weighted by Crippen LogP contribution is -2.34. The van der Waals surface area contributed by atoms with E-state index in [0.29, 0.717) is 5.75 Å². The Kier molecular flexibility index (Phi) is 4.71. The largest absolute Gasteiger partial charge is 0.484 e. The normalized spacial score (nSPS) is 11.5. The second-order valence-electron chi connectivity index (χ2n) is 4.58. The molecule has 0 saturated carbocycles. The Labute approximate surface area is 125 Å². The molecule has 0 saturated heterocycles. The van der Waals surface area contributed by atoms with Gasteiger partial charge in [0.05, 0.1) is 10.2 Å². The van der Waals surface area contributed by atoms with Crippen LogP contribution in [-0.4, -0.2) is 22.8 Å². The molecule has 0 aliphatic heterocycles. The van der Waals surface area contributed by atoms with Gasteiger partial charge >= 0.3 is 0 Å². The third kappa shape index (κ3) is 3.67. The molecule has 1 heterocycles. The summed E-state index contributed by atoms with van der Waals surface area (Å²) < 4.78 is 8.33. The predicted octanol–water partition coefficient (Wildman–Crippen LogP) is 0.905. The van der Waals surface area contributed by atoms with Crippen molar-refractivity contribution >= 4 is 33.2 Å². The zero-order chi connectivity index (χ0) is 15.4. The number of ether oxygens (including phenoxy) is 1. The lowest BCUT2D eigenvalue weighted by atomic mass is 10.3. The molecular weight excluding hydrogens is 290 g/mol. The molecule has 1 aromatic heterocycles. The highest BCUT2D eigenvalue weighted by Gasteiger charge is 2.06. The number of hydrazine groups is 1. The molecule has 0 aliphatic carbocycles. The zero-order valence-electron chi connectivity index (χ0n) is 12.1. The maximum Gasteiger partial charge on any atom is 0.271 e. The summed E-state index contributed by atoms with van der Waals surface area (Å²) in [5.74, 6) is 5.23. The lowest BCUT2D eigenvalue weighted by Gasteiger charge is -2.04. The van der Waals surface area contributed by atoms with E-state index >= 15 is 0 Å². The van der Waals surface area contributed by atoms with Crippen LogP contribution in [0.1, 0.15) is 13.8 Å². The van der Waals surface area contributed by atoms with Gasteiger partial charge in [0.15, 0.2) is 6.61 Å². The number of nitrogens with one attached hydrogen (secondary N) is 1. The van der Waals surface area contributed by atoms with Crippen molar-refractivity contribution in [2.24, 2.45) is 23.1 Å². The van der Waals surface area contributed by atoms with Gasteiger partial charge in [-0.2, -0.15) is 5.10 Å². The summed E-state index contributed by atoms with van der Waals surface area (Å²) in [6, 6.07) is 5.59. The molecule has 0 spiro atoms. The second kappa shape index (κ2) is 6.51. The molecule has 21 heavy (non-hydrogen) atoms. The number of benzene rings is 1. The minimum Gasteiger partial charge on any atom is -0.484 e. The summed E-state index contributed by atoms with van der Waals surface area (Å²) in [6.07, 6.45) is 0. The van der Waals surface area contributed by atoms with Crippen LogP contribution < -0.4 is 20.8 Å². The molecule has 2 rings (SSSR count). The maximum atomic E-state index is 11.1. The molecule has 0 fully saturated rings. The van der Waals surface area contributed by atoms with E-state index in [-0.39, 0.29) is 12.5 Å². The van der Waals surface area contributed by atoms with Gasteiger partial charge in [-0.05, 0) is 32.0 Å². The quantitative estimate of drug-likeness (QED) is 0.380. The van der Waals surface area contributed by atoms with Crippen molar-refractivity contribution in [3.63, 3.8) is 0 Å². The van der Waals surface area contributed by atoms with Crippen LogP contribution in [0.2, 0.25) is 0 Å². The van der Waals surface area contributed by atoms with E-state index in [0.717, 1.165) is 20.7 Å². The van der Waals surface area contributed by atoms with E-state index in [1.807, 2.05) is 43.0 Å². The molecule has 1 amide bonds. The first-order valence-corrected chi connectivity index (χ1v) is 7.09. The zero-order valence-corrected chi connectivity index (χ0v) is 12.9. The van der Waals surface area contributed by atoms with Gasteiger partial charge in [-0.25, -0.2) is 5.84 Å². The smallest absolute Gasteiger partial charge is 0.271 e. The van der Waals surface area contributed by atoms with Crippen LogP contribution in [0.25, 0.3) is 10.2 Å². The average molecular weight is 307 g/mol. The maximum absolute atomic E-state index is 11.1. The highest BCUT2D eigenvalue weighted by atomic mass is 32.1. The second-order valence-corrected chi connectivity index (χ2v) is 5.59. The number of carbonyl (C=O) groups excluding carboxylic acids is 1. The molecule has 0 aliphatic rings. The fourth-order valence-electron chi connectivity index (χ4n) is 1.63. The van der Waals surface area contributed by atoms with Crippen molar-refractivity contribution in [1.82, 2.24) is 9.99 Å². The van der Waals surface area contributed by atoms with E-state index in [9.17, 15) is 4.79 Å². The number of rotatable bonds is 4. The Morgan fingerprint density at radius 2 is 2.24 bits per heavy atom. The number of fused-ring (bicyclic) bond motifs is 1. The summed E-state index contributed by atoms with van der Waals surface area (Å²) in [7, 11) is 1.93. The summed E-state index contributed by atoms with van der Waals surface area (Å²) >= 11 is 1.50. The van der Waals surface area contributed by atoms with E-state index in [1.54, 1.807) is 6.07 Å². The SMILES string of the molecule is CC(C)=N/N=c1/sc2cc(OCC(=O)NN)ccc2n1C. The number of hydrogen-bond acceptors (Lipinski definition) is 6. The summed E-state index contributed by atoms with van der Waals surface area (Å²) in [6.45, 7) is 3.67. The van der Waals surface area contributed by atoms with Crippen molar-refractivity contribution in [1.29, 1.82) is 0 Å². The number of aryl methyl sites for hydroxylation is 1. The molecule has 0 radical (unpaired) electrons. The van der Waals surface area contributed by atoms with Crippen LogP contribution in [0.15, 0.2) is 28.4 Å². The fraction of sp³-hybridized carbons (Fsp3) is 0.308. The van der Waals surface area contributed by atoms with Gasteiger partial charge in [-0.1, -0.05) is 11.3 Å². The molecular formula is C13H17N5O2S. The number of nitrogens with two attached hydrogens (primary N) is 1. The Morgan fingerprint density at radius 3 is 2.90 bits per heavy atom. The Bertz CT molecular complexity index is 755. The van der Waals surface area contributed by atoms with Crippen LogP contribution in [-0.2, 0) is 11.8 Å². The Balaban J connectivity index is 2.34. The number of amides is 1. The van der Waals surface area contributed by atoms with Gasteiger partial charge in [-0.3, -0.25) is 10.2 Å². The first-order valence-electron chi connectivity index (χ1n) is 6.28. The van der Waals surface area contributed by atoms with Crippen molar-refractivity contribution in [2.45, 2.75) is 13.8 Å². The highest BCUT2D eigenvalue weighted by molar-refractivity contribution is 7.16. The Morgan fingerprint density at radius 1 is 1.48 bits per heavy atom. The van der Waals surface area contributed by atoms with Gasteiger partial charge in [0.25, 0.3) is 5.91 Å². The van der Waals surface area contributed by atoms with E-state index in [1.165, 1.54) is 11.3 Å². The summed E-state index contributed by atoms with van der Waals surface area (Å²) in [5, 5.41) is 8.28. The third-order valence-corrected chi connectivity index (χ3v) is 3.73. The third-order valence-electron chi connectivity index (χ3n) is 2.65. The van der Waals surface area contributed by atoms with Crippen LogP contribution in [0, 0.1) is 0 Å². The van der Waals surface area contributed by atoms with Crippen molar-refractivity contribution in [2.75, 3.05) is 6.61 Å². The number of carbonyl (C=O) groups is 1. The number of thiazole rings is 1. The monoisotopic (exact) mass is 307 g/mol. The highest BCUT2D eigenvalue weighted by Crippen LogP contribution is 2.22. The van der Waals surface area contributed by atoms with Crippen LogP contribution >= 0.6 is 11.3 Å². The number of hydrogen-bond donors (Lipinski definition) is 2. The van der Waals surface area contributed by atoms with Crippen LogP contribution in [0.5, 0.6) is 5.75 Å². The van der Waals surface area contributed by atoms with E-state index in [2.05, 4.69) is 10.2 Å². The van der Waals surface area contributed by atoms with Gasteiger partial charge in [0.2, 0.25) is 4.80 Å². The molecule has 0 bridgehead atoms. The summed E-state index contributed by atoms with van der Waals surface area (Å²) in [4.78, 5) is 11.9. The first kappa shape index (κ1) is 15.2. The molecule has 0 unspecified atom stereocenters. The average Bonchev–Trinajstić information content (AvgIpc) is 2.78. The number of aromatic nitrogens is 1. The topological polar surface area (TPSA) is 94.0 Å². The van der Waals surface area contributed by atoms with E-state index < -0.39 is 0 Å². The van der Waals surface area contributed by atoms with Crippen molar-refractivity contribution in [3.05, 3.63) is 23.0 Å². The molecule has 3 N–H and O–H groups in total. The molecule has 7 nitrogen and oxygen atoms in total. The van der Waals surface area contributed by atoms with Gasteiger partial charge in [0, 0.05) is 12.8 Å². The molecule has 2 aromatic rings. The summed E-state index contributed by atoms with van der Waals surface area (Å²) in [5.41, 5.74) is 3.94. The van der Waals surface area contributed by atoms with Gasteiger partial charge in [0.1, 0.15) is 5.75 Å². The van der Waals surface area contributed by atoms with E-state index in [4.69, 9.17) is 10.6 Å².